The third-order valence-corrected chi connectivity index (χ3v) is 2.11. The van der Waals surface area contributed by atoms with Crippen LogP contribution in [0.15, 0.2) is 0 Å². The molecule has 0 aliphatic rings. The van der Waals surface area contributed by atoms with Crippen molar-refractivity contribution in [2.45, 2.75) is 0 Å². The van der Waals surface area contributed by atoms with Crippen molar-refractivity contribution < 1.29 is 8.42 Å². The molecule has 0 N–H and O–H groups in total. The van der Waals surface area contributed by atoms with Gasteiger partial charge in [0.15, 0.2) is 9.84 Å². The van der Waals surface area contributed by atoms with Gasteiger partial charge in [-0.05, 0) is 0 Å². The second-order valence-electron chi connectivity index (χ2n) is 1.05. The molecule has 0 aliphatic heterocycles. The van der Waals surface area contributed by atoms with Crippen LogP contribution in [0, 0.1) is 0 Å². The van der Waals surface area contributed by atoms with E-state index in [1.54, 1.807) is 0 Å². The minimum Gasteiger partial charge on any atom is -0.228 e. The van der Waals surface area contributed by atoms with Crippen LogP contribution in [-0.2, 0) is 9.84 Å². The Kier molecular flexibility index (Phi) is 1.93. The van der Waals surface area contributed by atoms with Crippen LogP contribution in [0.4, 0.5) is 0 Å². The monoisotopic (exact) mass is 126 g/mol. The normalized spacial score (nSPS) is 11.7. The number of hydrogen-bond donors (Lipinski definition) is 1. The molecule has 6 heavy (non-hydrogen) atoms. The predicted octanol–water partition coefficient (Wildman–Crippen LogP) is -0.0817. The molecular formula is C2H6O2S2. The van der Waals surface area contributed by atoms with Gasteiger partial charge in [-0.15, -0.1) is 0 Å². The average molecular weight is 126 g/mol. The molecule has 4 heteroatoms. The van der Waals surface area contributed by atoms with Crippen molar-refractivity contribution in [3.63, 3.8) is 0 Å². The molecule has 0 atom stereocenters. The second-order valence-corrected chi connectivity index (χ2v) is 3.94. The highest BCUT2D eigenvalue weighted by molar-refractivity contribution is 8.03. The zero-order valence-electron chi connectivity index (χ0n) is 3.38. The second kappa shape index (κ2) is 1.84. The van der Waals surface area contributed by atoms with E-state index in [2.05, 4.69) is 12.6 Å². The molecule has 0 aromatic rings. The van der Waals surface area contributed by atoms with Crippen LogP contribution in [-0.4, -0.2) is 19.8 Å². The third-order valence-electron chi connectivity index (χ3n) is 0.235. The fourth-order valence-corrected chi connectivity index (χ4v) is 0. The summed E-state index contributed by atoms with van der Waals surface area (Å²) >= 11 is 3.51. The Bertz CT molecular complexity index is 112. The third kappa shape index (κ3) is 4.30. The first-order valence-corrected chi connectivity index (χ1v) is 4.04. The Balaban J connectivity index is 3.85. The van der Waals surface area contributed by atoms with E-state index in [-0.39, 0.29) is 5.08 Å². The maximum atomic E-state index is 9.92. The van der Waals surface area contributed by atoms with Gasteiger partial charge in [-0.3, -0.25) is 0 Å². The first-order valence-electron chi connectivity index (χ1n) is 1.35. The van der Waals surface area contributed by atoms with Gasteiger partial charge >= 0.3 is 0 Å². The number of hydrogen-bond acceptors (Lipinski definition) is 3. The Hall–Kier alpha value is 0.300. The lowest BCUT2D eigenvalue weighted by molar-refractivity contribution is 0.606. The number of rotatable bonds is 1. The molecular weight excluding hydrogens is 120 g/mol. The van der Waals surface area contributed by atoms with Gasteiger partial charge in [0.05, 0.1) is 5.08 Å². The van der Waals surface area contributed by atoms with E-state index in [1.165, 1.54) is 0 Å². The number of thiol groups is 1. The largest absolute Gasteiger partial charge is 0.228 e. The van der Waals surface area contributed by atoms with Crippen LogP contribution in [0.1, 0.15) is 0 Å². The summed E-state index contributed by atoms with van der Waals surface area (Å²) in [4.78, 5) is 0. The fraction of sp³-hybridized carbons (Fsp3) is 1.00. The van der Waals surface area contributed by atoms with Crippen LogP contribution in [0.5, 0.6) is 0 Å². The van der Waals surface area contributed by atoms with E-state index < -0.39 is 9.84 Å². The molecule has 0 rings (SSSR count). The molecule has 38 valence electrons. The summed E-state index contributed by atoms with van der Waals surface area (Å²) in [6, 6.07) is 0. The molecule has 2 nitrogen and oxygen atoms in total. The average Bonchev–Trinajstić information content (AvgIpc) is 1.35. The highest BCUT2D eigenvalue weighted by Crippen LogP contribution is 1.82. The zero-order valence-corrected chi connectivity index (χ0v) is 5.09. The van der Waals surface area contributed by atoms with Gasteiger partial charge in [-0.25, -0.2) is 8.42 Å². The molecule has 0 aromatic heterocycles. The Labute approximate surface area is 42.9 Å². The van der Waals surface area contributed by atoms with Crippen molar-refractivity contribution in [3.05, 3.63) is 0 Å². The van der Waals surface area contributed by atoms with Crippen LogP contribution >= 0.6 is 12.6 Å². The van der Waals surface area contributed by atoms with Gasteiger partial charge in [-0.2, -0.15) is 12.6 Å². The summed E-state index contributed by atoms with van der Waals surface area (Å²) in [6.07, 6.45) is 1.14. The summed E-state index contributed by atoms with van der Waals surface area (Å²) < 4.78 is 19.8. The van der Waals surface area contributed by atoms with E-state index >= 15 is 0 Å². The van der Waals surface area contributed by atoms with Crippen molar-refractivity contribution in [2.24, 2.45) is 0 Å². The summed E-state index contributed by atoms with van der Waals surface area (Å²) in [6.45, 7) is 0. The summed E-state index contributed by atoms with van der Waals surface area (Å²) in [5.41, 5.74) is 0. The Morgan fingerprint density at radius 3 is 1.83 bits per heavy atom. The smallest absolute Gasteiger partial charge is 0.156 e. The summed E-state index contributed by atoms with van der Waals surface area (Å²) in [5, 5.41) is -0.0625. The highest BCUT2D eigenvalue weighted by Gasteiger charge is 1.91. The highest BCUT2D eigenvalue weighted by atomic mass is 32.2. The standard InChI is InChI=1S/C2H6O2S2/c1-6(3,4)2-5/h5H,2H2,1H3. The summed E-state index contributed by atoms with van der Waals surface area (Å²) in [7, 11) is -2.80. The quantitative estimate of drug-likeness (QED) is 0.499. The molecule has 0 fully saturated rings. The zero-order chi connectivity index (χ0) is 5.21. The molecule has 0 saturated heterocycles. The molecule has 0 unspecified atom stereocenters. The minimum atomic E-state index is -2.80. The molecule has 0 radical (unpaired) electrons. The molecule has 0 heterocycles. The maximum absolute atomic E-state index is 9.92. The van der Waals surface area contributed by atoms with Crippen LogP contribution in [0.2, 0.25) is 0 Å². The lowest BCUT2D eigenvalue weighted by atomic mass is 11.9. The van der Waals surface area contributed by atoms with E-state index in [0.717, 1.165) is 6.26 Å². The van der Waals surface area contributed by atoms with Gasteiger partial charge in [-0.1, -0.05) is 0 Å². The Morgan fingerprint density at radius 1 is 1.67 bits per heavy atom. The van der Waals surface area contributed by atoms with Crippen molar-refractivity contribution in [1.29, 1.82) is 0 Å². The molecule has 0 aromatic carbocycles. The Morgan fingerprint density at radius 2 is 1.83 bits per heavy atom. The van der Waals surface area contributed by atoms with Crippen molar-refractivity contribution in [2.75, 3.05) is 11.3 Å². The molecule has 0 amide bonds. The maximum Gasteiger partial charge on any atom is 0.156 e. The molecule has 0 saturated carbocycles. The van der Waals surface area contributed by atoms with E-state index in [4.69, 9.17) is 0 Å². The van der Waals surface area contributed by atoms with Gasteiger partial charge < -0.3 is 0 Å². The van der Waals surface area contributed by atoms with E-state index in [1.807, 2.05) is 0 Å². The first kappa shape index (κ1) is 6.30. The van der Waals surface area contributed by atoms with Gasteiger partial charge in [0.2, 0.25) is 0 Å². The summed E-state index contributed by atoms with van der Waals surface area (Å²) in [5.74, 6) is 0. The van der Waals surface area contributed by atoms with Crippen molar-refractivity contribution in [3.8, 4) is 0 Å². The van der Waals surface area contributed by atoms with E-state index in [0.29, 0.717) is 0 Å². The van der Waals surface area contributed by atoms with Crippen LogP contribution in [0.3, 0.4) is 0 Å². The van der Waals surface area contributed by atoms with Crippen LogP contribution in [0.25, 0.3) is 0 Å². The van der Waals surface area contributed by atoms with E-state index in [9.17, 15) is 8.42 Å². The van der Waals surface area contributed by atoms with Gasteiger partial charge in [0.1, 0.15) is 0 Å². The molecule has 0 aliphatic carbocycles. The molecule has 0 bridgehead atoms. The van der Waals surface area contributed by atoms with Crippen molar-refractivity contribution >= 4 is 22.5 Å². The minimum absolute atomic E-state index is 0.0625. The van der Waals surface area contributed by atoms with Crippen LogP contribution < -0.4 is 0 Å². The lowest BCUT2D eigenvalue weighted by Crippen LogP contribution is -1.94. The van der Waals surface area contributed by atoms with Gasteiger partial charge in [0, 0.05) is 6.26 Å². The van der Waals surface area contributed by atoms with Crippen molar-refractivity contribution in [1.82, 2.24) is 0 Å². The SMILES string of the molecule is CS(=O)(=O)CS. The fourth-order valence-electron chi connectivity index (χ4n) is 0. The lowest BCUT2D eigenvalue weighted by Gasteiger charge is -1.80. The topological polar surface area (TPSA) is 34.1 Å². The predicted molar refractivity (Wildman–Crippen MR) is 28.7 cm³/mol. The molecule has 0 spiro atoms. The first-order chi connectivity index (χ1) is 2.56. The number of sulfone groups is 1. The van der Waals surface area contributed by atoms with Gasteiger partial charge in [0.25, 0.3) is 0 Å².